The lowest BCUT2D eigenvalue weighted by atomic mass is 9.87. The van der Waals surface area contributed by atoms with Crippen LogP contribution in [0.25, 0.3) is 0 Å². The van der Waals surface area contributed by atoms with Crippen LogP contribution in [0, 0.1) is 0 Å². The van der Waals surface area contributed by atoms with Crippen molar-refractivity contribution in [3.05, 3.63) is 77.2 Å². The molecule has 7 heteroatoms. The number of benzene rings is 2. The molecule has 0 spiro atoms. The number of hydrogen-bond donors (Lipinski definition) is 2. The van der Waals surface area contributed by atoms with E-state index in [-0.39, 0.29) is 15.5 Å². The Hall–Kier alpha value is -2.64. The maximum absolute atomic E-state index is 12.6. The Morgan fingerprint density at radius 1 is 0.893 bits per heavy atom. The van der Waals surface area contributed by atoms with Gasteiger partial charge in [0.2, 0.25) is 0 Å². The van der Waals surface area contributed by atoms with E-state index in [2.05, 4.69) is 30.8 Å². The molecule has 3 aromatic rings. The summed E-state index contributed by atoms with van der Waals surface area (Å²) < 4.78 is 27.7. The van der Waals surface area contributed by atoms with Gasteiger partial charge in [0.05, 0.1) is 11.4 Å². The lowest BCUT2D eigenvalue weighted by molar-refractivity contribution is 0.102. The van der Waals surface area contributed by atoms with Crippen LogP contribution in [-0.4, -0.2) is 14.3 Å². The van der Waals surface area contributed by atoms with Gasteiger partial charge in [-0.25, -0.2) is 8.42 Å². The molecule has 2 N–H and O–H groups in total. The van der Waals surface area contributed by atoms with E-state index in [0.29, 0.717) is 16.9 Å². The van der Waals surface area contributed by atoms with Crippen LogP contribution in [-0.2, 0) is 15.4 Å². The molecule has 0 aliphatic heterocycles. The number of amides is 1. The third-order valence-electron chi connectivity index (χ3n) is 4.19. The highest BCUT2D eigenvalue weighted by Gasteiger charge is 2.18. The quantitative estimate of drug-likeness (QED) is 0.610. The van der Waals surface area contributed by atoms with Crippen molar-refractivity contribution in [3.63, 3.8) is 0 Å². The van der Waals surface area contributed by atoms with Crippen LogP contribution in [0.4, 0.5) is 11.4 Å². The van der Waals surface area contributed by atoms with E-state index in [0.717, 1.165) is 16.9 Å². The summed E-state index contributed by atoms with van der Waals surface area (Å²) in [6.45, 7) is 6.33. The van der Waals surface area contributed by atoms with Gasteiger partial charge in [0, 0.05) is 5.56 Å². The van der Waals surface area contributed by atoms with Gasteiger partial charge in [-0.3, -0.25) is 9.52 Å². The average molecular weight is 415 g/mol. The van der Waals surface area contributed by atoms with E-state index in [1.807, 2.05) is 12.1 Å². The predicted octanol–water partition coefficient (Wildman–Crippen LogP) is 5.10. The molecule has 0 saturated heterocycles. The SMILES string of the molecule is CC(C)(C)c1ccc(C(=O)Nc2ccccc2NS(=O)(=O)c2cccs2)cc1. The number of para-hydroxylation sites is 2. The average Bonchev–Trinajstić information content (AvgIpc) is 3.18. The molecule has 0 aliphatic rings. The lowest BCUT2D eigenvalue weighted by Crippen LogP contribution is -2.17. The third kappa shape index (κ3) is 4.61. The van der Waals surface area contributed by atoms with Crippen molar-refractivity contribution in [1.29, 1.82) is 0 Å². The van der Waals surface area contributed by atoms with E-state index in [4.69, 9.17) is 0 Å². The van der Waals surface area contributed by atoms with E-state index in [1.165, 1.54) is 6.07 Å². The second kappa shape index (κ2) is 7.77. The lowest BCUT2D eigenvalue weighted by Gasteiger charge is -2.19. The first-order valence-electron chi connectivity index (χ1n) is 8.74. The Bertz CT molecular complexity index is 1070. The minimum Gasteiger partial charge on any atom is -0.320 e. The maximum atomic E-state index is 12.6. The first-order valence-corrected chi connectivity index (χ1v) is 11.1. The van der Waals surface area contributed by atoms with Gasteiger partial charge in [-0.05, 0) is 46.7 Å². The molecule has 3 rings (SSSR count). The number of sulfonamides is 1. The van der Waals surface area contributed by atoms with Gasteiger partial charge in [0.15, 0.2) is 0 Å². The van der Waals surface area contributed by atoms with Crippen LogP contribution in [0.15, 0.2) is 70.3 Å². The topological polar surface area (TPSA) is 75.3 Å². The predicted molar refractivity (Wildman–Crippen MR) is 115 cm³/mol. The van der Waals surface area contributed by atoms with E-state index >= 15 is 0 Å². The van der Waals surface area contributed by atoms with Crippen molar-refractivity contribution in [2.45, 2.75) is 30.4 Å². The number of carbonyl (C=O) groups excluding carboxylic acids is 1. The maximum Gasteiger partial charge on any atom is 0.271 e. The van der Waals surface area contributed by atoms with E-state index in [9.17, 15) is 13.2 Å². The summed E-state index contributed by atoms with van der Waals surface area (Å²) in [4.78, 5) is 12.6. The molecule has 2 aromatic carbocycles. The molecule has 1 heterocycles. The highest BCUT2D eigenvalue weighted by Crippen LogP contribution is 2.27. The molecule has 5 nitrogen and oxygen atoms in total. The molecular formula is C21H22N2O3S2. The summed E-state index contributed by atoms with van der Waals surface area (Å²) in [6.07, 6.45) is 0. The standard InChI is InChI=1S/C21H22N2O3S2/c1-21(2,3)16-12-10-15(11-13-16)20(24)22-17-7-4-5-8-18(17)23-28(25,26)19-9-6-14-27-19/h4-14,23H,1-3H3,(H,22,24). The van der Waals surface area contributed by atoms with Crippen LogP contribution in [0.2, 0.25) is 0 Å². The molecule has 0 atom stereocenters. The highest BCUT2D eigenvalue weighted by molar-refractivity contribution is 7.94. The Kier molecular flexibility index (Phi) is 5.58. The summed E-state index contributed by atoms with van der Waals surface area (Å²) in [7, 11) is -3.70. The van der Waals surface area contributed by atoms with Crippen LogP contribution < -0.4 is 10.0 Å². The minimum atomic E-state index is -3.70. The number of carbonyl (C=O) groups is 1. The molecule has 0 radical (unpaired) electrons. The Balaban J connectivity index is 1.81. The molecule has 1 aromatic heterocycles. The van der Waals surface area contributed by atoms with Crippen molar-refractivity contribution >= 4 is 38.6 Å². The molecule has 0 fully saturated rings. The van der Waals surface area contributed by atoms with Crippen molar-refractivity contribution in [3.8, 4) is 0 Å². The second-order valence-electron chi connectivity index (χ2n) is 7.36. The largest absolute Gasteiger partial charge is 0.320 e. The van der Waals surface area contributed by atoms with Crippen molar-refractivity contribution < 1.29 is 13.2 Å². The minimum absolute atomic E-state index is 0.00166. The summed E-state index contributed by atoms with van der Waals surface area (Å²) >= 11 is 1.13. The van der Waals surface area contributed by atoms with Crippen LogP contribution in [0.3, 0.4) is 0 Å². The number of rotatable bonds is 5. The second-order valence-corrected chi connectivity index (χ2v) is 10.2. The molecule has 0 unspecified atom stereocenters. The van der Waals surface area contributed by atoms with Gasteiger partial charge in [-0.1, -0.05) is 51.1 Å². The zero-order valence-electron chi connectivity index (χ0n) is 15.9. The first kappa shape index (κ1) is 20.1. The van der Waals surface area contributed by atoms with Crippen molar-refractivity contribution in [2.75, 3.05) is 10.0 Å². The summed E-state index contributed by atoms with van der Waals surface area (Å²) in [5.41, 5.74) is 2.35. The van der Waals surface area contributed by atoms with Crippen LogP contribution in [0.1, 0.15) is 36.7 Å². The van der Waals surface area contributed by atoms with Gasteiger partial charge >= 0.3 is 0 Å². The van der Waals surface area contributed by atoms with E-state index in [1.54, 1.807) is 47.8 Å². The van der Waals surface area contributed by atoms with E-state index < -0.39 is 10.0 Å². The fourth-order valence-electron chi connectivity index (χ4n) is 2.61. The fraction of sp³-hybridized carbons (Fsp3) is 0.190. The molecule has 28 heavy (non-hydrogen) atoms. The normalized spacial score (nSPS) is 11.8. The summed E-state index contributed by atoms with van der Waals surface area (Å²) in [6, 6.07) is 17.3. The smallest absolute Gasteiger partial charge is 0.271 e. The summed E-state index contributed by atoms with van der Waals surface area (Å²) in [5.74, 6) is -0.303. The van der Waals surface area contributed by atoms with Gasteiger partial charge in [0.1, 0.15) is 4.21 Å². The Labute approximate surface area is 169 Å². The molecule has 0 aliphatic carbocycles. The van der Waals surface area contributed by atoms with Crippen LogP contribution in [0.5, 0.6) is 0 Å². The summed E-state index contributed by atoms with van der Waals surface area (Å²) in [5, 5.41) is 4.49. The number of anilines is 2. The Morgan fingerprint density at radius 3 is 2.11 bits per heavy atom. The van der Waals surface area contributed by atoms with Crippen molar-refractivity contribution in [2.24, 2.45) is 0 Å². The molecule has 1 amide bonds. The number of nitrogens with one attached hydrogen (secondary N) is 2. The van der Waals surface area contributed by atoms with Gasteiger partial charge in [-0.2, -0.15) is 0 Å². The highest BCUT2D eigenvalue weighted by atomic mass is 32.2. The van der Waals surface area contributed by atoms with Gasteiger partial charge in [-0.15, -0.1) is 11.3 Å². The molecule has 146 valence electrons. The monoisotopic (exact) mass is 414 g/mol. The number of hydrogen-bond acceptors (Lipinski definition) is 4. The molecular weight excluding hydrogens is 392 g/mol. The fourth-order valence-corrected chi connectivity index (χ4v) is 4.68. The number of thiophene rings is 1. The van der Waals surface area contributed by atoms with Crippen LogP contribution >= 0.6 is 11.3 Å². The third-order valence-corrected chi connectivity index (χ3v) is 6.96. The van der Waals surface area contributed by atoms with Gasteiger partial charge in [0.25, 0.3) is 15.9 Å². The van der Waals surface area contributed by atoms with Gasteiger partial charge < -0.3 is 5.32 Å². The Morgan fingerprint density at radius 2 is 1.54 bits per heavy atom. The molecule has 0 saturated carbocycles. The van der Waals surface area contributed by atoms with Crippen molar-refractivity contribution in [1.82, 2.24) is 0 Å². The first-order chi connectivity index (χ1) is 13.2. The zero-order valence-corrected chi connectivity index (χ0v) is 17.5. The molecule has 0 bridgehead atoms. The zero-order chi connectivity index (χ0) is 20.4.